The first-order valence-corrected chi connectivity index (χ1v) is 10.1. The second kappa shape index (κ2) is 10.4. The minimum absolute atomic E-state index is 0.120. The molecule has 2 aromatic rings. The normalized spacial score (nSPS) is 12.5. The van der Waals surface area contributed by atoms with Crippen molar-refractivity contribution < 1.29 is 23.3 Å². The zero-order valence-corrected chi connectivity index (χ0v) is 16.5. The standard InChI is InChI=1S/C20H22N2O5S/c1-3-21-20(25)22-18(23)17(14-10-6-5-7-11-14)27-19(24)15-12-8-9-13-16(15)28(26)4-2/h5-13,17H,3-4H2,1-2H3,(H2,21,22,23,25)/t17-,28-/m1/s1. The van der Waals surface area contributed by atoms with Crippen molar-refractivity contribution in [3.63, 3.8) is 0 Å². The smallest absolute Gasteiger partial charge is 0.340 e. The molecule has 7 nitrogen and oxygen atoms in total. The molecular formula is C20H22N2O5S. The van der Waals surface area contributed by atoms with Crippen LogP contribution in [0, 0.1) is 0 Å². The number of amides is 3. The number of hydrogen-bond donors (Lipinski definition) is 2. The number of urea groups is 1. The number of carbonyl (C=O) groups excluding carboxylic acids is 3. The molecule has 8 heteroatoms. The Hall–Kier alpha value is -3.00. The van der Waals surface area contributed by atoms with E-state index in [1.54, 1.807) is 62.4 Å². The van der Waals surface area contributed by atoms with Crippen molar-refractivity contribution in [2.75, 3.05) is 12.3 Å². The summed E-state index contributed by atoms with van der Waals surface area (Å²) in [4.78, 5) is 37.4. The van der Waals surface area contributed by atoms with Gasteiger partial charge in [-0.1, -0.05) is 49.4 Å². The van der Waals surface area contributed by atoms with E-state index in [1.807, 2.05) is 0 Å². The van der Waals surface area contributed by atoms with E-state index in [0.29, 0.717) is 22.8 Å². The van der Waals surface area contributed by atoms with Crippen molar-refractivity contribution in [3.05, 3.63) is 65.7 Å². The first kappa shape index (κ1) is 21.3. The highest BCUT2D eigenvalue weighted by atomic mass is 32.2. The Morgan fingerprint density at radius 1 is 1.00 bits per heavy atom. The Morgan fingerprint density at radius 3 is 2.29 bits per heavy atom. The summed E-state index contributed by atoms with van der Waals surface area (Å²) >= 11 is 0. The van der Waals surface area contributed by atoms with Crippen molar-refractivity contribution in [1.29, 1.82) is 0 Å². The molecule has 148 valence electrons. The van der Waals surface area contributed by atoms with E-state index in [4.69, 9.17) is 4.74 Å². The quantitative estimate of drug-likeness (QED) is 0.693. The lowest BCUT2D eigenvalue weighted by Gasteiger charge is -2.18. The van der Waals surface area contributed by atoms with Crippen molar-refractivity contribution in [2.24, 2.45) is 0 Å². The van der Waals surface area contributed by atoms with E-state index in [-0.39, 0.29) is 5.56 Å². The molecule has 0 fully saturated rings. The molecule has 2 rings (SSSR count). The molecular weight excluding hydrogens is 380 g/mol. The van der Waals surface area contributed by atoms with Crippen LogP contribution in [-0.4, -0.2) is 34.4 Å². The lowest BCUT2D eigenvalue weighted by atomic mass is 10.1. The summed E-state index contributed by atoms with van der Waals surface area (Å²) in [5, 5.41) is 4.61. The van der Waals surface area contributed by atoms with Gasteiger partial charge in [0.2, 0.25) is 6.10 Å². The highest BCUT2D eigenvalue weighted by Gasteiger charge is 2.28. The number of benzene rings is 2. The van der Waals surface area contributed by atoms with Crippen molar-refractivity contribution in [3.8, 4) is 0 Å². The number of imide groups is 1. The van der Waals surface area contributed by atoms with Gasteiger partial charge in [-0.05, 0) is 19.1 Å². The average molecular weight is 402 g/mol. The van der Waals surface area contributed by atoms with E-state index in [1.165, 1.54) is 6.07 Å². The Kier molecular flexibility index (Phi) is 7.88. The van der Waals surface area contributed by atoms with Crippen LogP contribution >= 0.6 is 0 Å². The Bertz CT molecular complexity index is 870. The van der Waals surface area contributed by atoms with E-state index in [2.05, 4.69) is 10.6 Å². The molecule has 3 amide bonds. The van der Waals surface area contributed by atoms with Gasteiger partial charge < -0.3 is 10.1 Å². The van der Waals surface area contributed by atoms with Gasteiger partial charge in [0, 0.05) is 17.9 Å². The number of rotatable bonds is 7. The third-order valence-corrected chi connectivity index (χ3v) is 5.12. The average Bonchev–Trinajstić information content (AvgIpc) is 2.71. The zero-order chi connectivity index (χ0) is 20.5. The van der Waals surface area contributed by atoms with E-state index >= 15 is 0 Å². The molecule has 0 spiro atoms. The van der Waals surface area contributed by atoms with Gasteiger partial charge in [0.1, 0.15) is 0 Å². The van der Waals surface area contributed by atoms with Gasteiger partial charge >= 0.3 is 12.0 Å². The summed E-state index contributed by atoms with van der Waals surface area (Å²) in [5.41, 5.74) is 0.529. The monoisotopic (exact) mass is 402 g/mol. The van der Waals surface area contributed by atoms with Crippen LogP contribution in [0.1, 0.15) is 35.9 Å². The fourth-order valence-corrected chi connectivity index (χ4v) is 3.38. The van der Waals surface area contributed by atoms with Crippen LogP contribution in [0.4, 0.5) is 4.79 Å². The number of nitrogens with one attached hydrogen (secondary N) is 2. The number of hydrogen-bond acceptors (Lipinski definition) is 5. The summed E-state index contributed by atoms with van der Waals surface area (Å²) in [7, 11) is -1.37. The molecule has 0 aliphatic carbocycles. The third-order valence-electron chi connectivity index (χ3n) is 3.75. The molecule has 2 N–H and O–H groups in total. The molecule has 0 aliphatic rings. The Balaban J connectivity index is 2.31. The molecule has 0 saturated heterocycles. The number of esters is 1. The summed E-state index contributed by atoms with van der Waals surface area (Å²) < 4.78 is 17.7. The summed E-state index contributed by atoms with van der Waals surface area (Å²) in [6.45, 7) is 3.79. The van der Waals surface area contributed by atoms with Gasteiger partial charge in [-0.3, -0.25) is 14.3 Å². The van der Waals surface area contributed by atoms with Crippen LogP contribution in [0.25, 0.3) is 0 Å². The van der Waals surface area contributed by atoms with Crippen molar-refractivity contribution >= 4 is 28.7 Å². The maximum absolute atomic E-state index is 12.7. The summed E-state index contributed by atoms with van der Waals surface area (Å²) in [6.07, 6.45) is -1.33. The molecule has 0 aromatic heterocycles. The maximum Gasteiger partial charge on any atom is 0.340 e. The summed E-state index contributed by atoms with van der Waals surface area (Å²) in [5.74, 6) is -1.23. The van der Waals surface area contributed by atoms with E-state index in [0.717, 1.165) is 0 Å². The molecule has 0 heterocycles. The lowest BCUT2D eigenvalue weighted by Crippen LogP contribution is -2.42. The lowest BCUT2D eigenvalue weighted by molar-refractivity contribution is -0.129. The highest BCUT2D eigenvalue weighted by molar-refractivity contribution is 7.85. The third kappa shape index (κ3) is 5.50. The van der Waals surface area contributed by atoms with Gasteiger partial charge in [-0.25, -0.2) is 9.59 Å². The molecule has 2 atom stereocenters. The van der Waals surface area contributed by atoms with Crippen LogP contribution in [0.15, 0.2) is 59.5 Å². The van der Waals surface area contributed by atoms with E-state index in [9.17, 15) is 18.6 Å². The topological polar surface area (TPSA) is 102 Å². The van der Waals surface area contributed by atoms with Crippen molar-refractivity contribution in [1.82, 2.24) is 10.6 Å². The molecule has 0 saturated carbocycles. The zero-order valence-electron chi connectivity index (χ0n) is 15.6. The predicted octanol–water partition coefficient (Wildman–Crippen LogP) is 2.56. The largest absolute Gasteiger partial charge is 0.444 e. The van der Waals surface area contributed by atoms with Gasteiger partial charge in [-0.15, -0.1) is 0 Å². The first-order chi connectivity index (χ1) is 13.5. The van der Waals surface area contributed by atoms with E-state index < -0.39 is 34.8 Å². The van der Waals surface area contributed by atoms with Crippen LogP contribution in [0.2, 0.25) is 0 Å². The van der Waals surface area contributed by atoms with Gasteiger partial charge in [0.15, 0.2) is 0 Å². The van der Waals surface area contributed by atoms with Gasteiger partial charge in [-0.2, -0.15) is 0 Å². The molecule has 0 radical (unpaired) electrons. The van der Waals surface area contributed by atoms with Crippen LogP contribution in [0.3, 0.4) is 0 Å². The Labute approximate surface area is 165 Å². The second-order valence-corrected chi connectivity index (χ2v) is 7.38. The van der Waals surface area contributed by atoms with Crippen LogP contribution in [0.5, 0.6) is 0 Å². The highest BCUT2D eigenvalue weighted by Crippen LogP contribution is 2.22. The molecule has 0 aliphatic heterocycles. The first-order valence-electron chi connectivity index (χ1n) is 8.79. The molecule has 0 unspecified atom stereocenters. The van der Waals surface area contributed by atoms with Crippen LogP contribution < -0.4 is 10.6 Å². The maximum atomic E-state index is 12.7. The number of carbonyl (C=O) groups is 3. The molecule has 28 heavy (non-hydrogen) atoms. The fraction of sp³-hybridized carbons (Fsp3) is 0.250. The SMILES string of the molecule is CCNC(=O)NC(=O)[C@H](OC(=O)c1ccccc1[S@](=O)CC)c1ccccc1. The Morgan fingerprint density at radius 2 is 1.64 bits per heavy atom. The fourth-order valence-electron chi connectivity index (χ4n) is 2.44. The molecule has 2 aromatic carbocycles. The second-order valence-electron chi connectivity index (χ2n) is 5.68. The minimum atomic E-state index is -1.37. The number of ether oxygens (including phenoxy) is 1. The van der Waals surface area contributed by atoms with Gasteiger partial charge in [0.05, 0.1) is 21.3 Å². The minimum Gasteiger partial charge on any atom is -0.444 e. The van der Waals surface area contributed by atoms with Crippen LogP contribution in [-0.2, 0) is 20.3 Å². The van der Waals surface area contributed by atoms with Crippen molar-refractivity contribution in [2.45, 2.75) is 24.8 Å². The van der Waals surface area contributed by atoms with Gasteiger partial charge in [0.25, 0.3) is 5.91 Å². The summed E-state index contributed by atoms with van der Waals surface area (Å²) in [6, 6.07) is 14.1. The molecule has 0 bridgehead atoms. The predicted molar refractivity (Wildman–Crippen MR) is 105 cm³/mol.